The monoisotopic (exact) mass is 398 g/mol. The van der Waals surface area contributed by atoms with Crippen LogP contribution < -0.4 is 14.4 Å². The van der Waals surface area contributed by atoms with Crippen LogP contribution in [-0.2, 0) is 14.8 Å². The van der Waals surface area contributed by atoms with Crippen molar-refractivity contribution in [3.63, 3.8) is 0 Å². The highest BCUT2D eigenvalue weighted by Crippen LogP contribution is 2.27. The van der Waals surface area contributed by atoms with Gasteiger partial charge >= 0.3 is 0 Å². The maximum absolute atomic E-state index is 12.3. The van der Waals surface area contributed by atoms with Gasteiger partial charge in [-0.15, -0.1) is 0 Å². The zero-order chi connectivity index (χ0) is 20.9. The SMILES string of the molecule is COc1ccc(N(CCCC(=O)NC(C)(C)CC(C)(C)C)S(C)(=O)=O)cc1. The second-order valence-corrected chi connectivity index (χ2v) is 10.7. The quantitative estimate of drug-likeness (QED) is 0.690. The molecule has 0 aliphatic heterocycles. The molecule has 7 heteroatoms. The van der Waals surface area contributed by atoms with Crippen LogP contribution in [0, 0.1) is 5.41 Å². The second-order valence-electron chi connectivity index (χ2n) is 8.81. The van der Waals surface area contributed by atoms with Crippen LogP contribution in [0.4, 0.5) is 5.69 Å². The topological polar surface area (TPSA) is 75.7 Å². The summed E-state index contributed by atoms with van der Waals surface area (Å²) in [4.78, 5) is 12.3. The van der Waals surface area contributed by atoms with E-state index in [1.165, 1.54) is 10.6 Å². The summed E-state index contributed by atoms with van der Waals surface area (Å²) in [6.45, 7) is 10.7. The van der Waals surface area contributed by atoms with E-state index in [4.69, 9.17) is 4.74 Å². The molecule has 0 saturated carbocycles. The van der Waals surface area contributed by atoms with Gasteiger partial charge in [-0.3, -0.25) is 9.10 Å². The Hall–Kier alpha value is -1.76. The number of hydrogen-bond acceptors (Lipinski definition) is 4. The molecular weight excluding hydrogens is 364 g/mol. The number of ether oxygens (including phenoxy) is 1. The third kappa shape index (κ3) is 8.65. The molecule has 0 aromatic heterocycles. The van der Waals surface area contributed by atoms with Gasteiger partial charge in [0.1, 0.15) is 5.75 Å². The van der Waals surface area contributed by atoms with Gasteiger partial charge in [0.25, 0.3) is 0 Å². The number of amides is 1. The van der Waals surface area contributed by atoms with E-state index in [0.29, 0.717) is 17.9 Å². The molecule has 154 valence electrons. The van der Waals surface area contributed by atoms with Crippen LogP contribution in [0.25, 0.3) is 0 Å². The van der Waals surface area contributed by atoms with Gasteiger partial charge in [-0.2, -0.15) is 0 Å². The summed E-state index contributed by atoms with van der Waals surface area (Å²) in [6, 6.07) is 6.84. The zero-order valence-corrected chi connectivity index (χ0v) is 18.4. The van der Waals surface area contributed by atoms with E-state index in [9.17, 15) is 13.2 Å². The van der Waals surface area contributed by atoms with Crippen LogP contribution in [0.3, 0.4) is 0 Å². The van der Waals surface area contributed by atoms with E-state index in [2.05, 4.69) is 26.1 Å². The first-order chi connectivity index (χ1) is 12.2. The molecule has 1 aromatic rings. The molecule has 0 saturated heterocycles. The first kappa shape index (κ1) is 23.3. The minimum atomic E-state index is -3.43. The first-order valence-electron chi connectivity index (χ1n) is 9.16. The van der Waals surface area contributed by atoms with Gasteiger partial charge in [0.15, 0.2) is 0 Å². The number of anilines is 1. The van der Waals surface area contributed by atoms with E-state index in [-0.39, 0.29) is 29.8 Å². The molecule has 0 atom stereocenters. The number of hydrogen-bond donors (Lipinski definition) is 1. The van der Waals surface area contributed by atoms with Crippen molar-refractivity contribution in [3.05, 3.63) is 24.3 Å². The maximum atomic E-state index is 12.3. The van der Waals surface area contributed by atoms with Crippen molar-refractivity contribution in [3.8, 4) is 5.75 Å². The molecule has 0 aliphatic rings. The molecule has 0 spiro atoms. The fourth-order valence-corrected chi connectivity index (χ4v) is 4.39. The second kappa shape index (κ2) is 8.95. The molecule has 0 fully saturated rings. The standard InChI is InChI=1S/C20H34N2O4S/c1-19(2,3)15-20(4,5)21-18(23)9-8-14-22(27(7,24)25)16-10-12-17(26-6)13-11-16/h10-13H,8-9,14-15H2,1-7H3,(H,21,23). The van der Waals surface area contributed by atoms with Crippen molar-refractivity contribution in [2.24, 2.45) is 5.41 Å². The number of carbonyl (C=O) groups excluding carboxylic acids is 1. The third-order valence-electron chi connectivity index (χ3n) is 3.98. The predicted octanol–water partition coefficient (Wildman–Crippen LogP) is 3.57. The first-order valence-corrected chi connectivity index (χ1v) is 11.0. The van der Waals surface area contributed by atoms with Crippen LogP contribution in [0.1, 0.15) is 53.9 Å². The lowest BCUT2D eigenvalue weighted by Gasteiger charge is -2.33. The maximum Gasteiger partial charge on any atom is 0.232 e. The van der Waals surface area contributed by atoms with Gasteiger partial charge < -0.3 is 10.1 Å². The molecule has 0 bridgehead atoms. The average molecular weight is 399 g/mol. The van der Waals surface area contributed by atoms with Crippen molar-refractivity contribution in [2.75, 3.05) is 24.2 Å². The Balaban J connectivity index is 2.68. The average Bonchev–Trinajstić information content (AvgIpc) is 2.47. The number of benzene rings is 1. The lowest BCUT2D eigenvalue weighted by atomic mass is 9.82. The summed E-state index contributed by atoms with van der Waals surface area (Å²) in [5.41, 5.74) is 0.367. The highest BCUT2D eigenvalue weighted by atomic mass is 32.2. The van der Waals surface area contributed by atoms with Crippen molar-refractivity contribution in [2.45, 2.75) is 59.4 Å². The molecule has 27 heavy (non-hydrogen) atoms. The van der Waals surface area contributed by atoms with Gasteiger partial charge in [0.05, 0.1) is 19.1 Å². The van der Waals surface area contributed by atoms with Crippen LogP contribution >= 0.6 is 0 Å². The minimum Gasteiger partial charge on any atom is -0.497 e. The highest BCUT2D eigenvalue weighted by molar-refractivity contribution is 7.92. The zero-order valence-electron chi connectivity index (χ0n) is 17.6. The Morgan fingerprint density at radius 3 is 2.11 bits per heavy atom. The number of sulfonamides is 1. The molecule has 1 amide bonds. The Morgan fingerprint density at radius 2 is 1.67 bits per heavy atom. The largest absolute Gasteiger partial charge is 0.497 e. The lowest BCUT2D eigenvalue weighted by molar-refractivity contribution is -0.123. The highest BCUT2D eigenvalue weighted by Gasteiger charge is 2.27. The number of carbonyl (C=O) groups is 1. The van der Waals surface area contributed by atoms with Gasteiger partial charge in [-0.05, 0) is 56.4 Å². The summed E-state index contributed by atoms with van der Waals surface area (Å²) in [5, 5.41) is 3.06. The van der Waals surface area contributed by atoms with Gasteiger partial charge in [-0.25, -0.2) is 8.42 Å². The summed E-state index contributed by atoms with van der Waals surface area (Å²) in [5.74, 6) is 0.597. The Kier molecular flexibility index (Phi) is 7.72. The van der Waals surface area contributed by atoms with Crippen molar-refractivity contribution in [1.29, 1.82) is 0 Å². The predicted molar refractivity (Wildman–Crippen MR) is 111 cm³/mol. The number of nitrogens with zero attached hydrogens (tertiary/aromatic N) is 1. The number of nitrogens with one attached hydrogen (secondary N) is 1. The minimum absolute atomic E-state index is 0.0626. The van der Waals surface area contributed by atoms with Crippen molar-refractivity contribution in [1.82, 2.24) is 5.32 Å². The Labute approximate surface area is 164 Å². The lowest BCUT2D eigenvalue weighted by Crippen LogP contribution is -2.46. The van der Waals surface area contributed by atoms with Crippen LogP contribution in [0.5, 0.6) is 5.75 Å². The summed E-state index contributed by atoms with van der Waals surface area (Å²) >= 11 is 0. The van der Waals surface area contributed by atoms with Gasteiger partial charge in [0.2, 0.25) is 15.9 Å². The van der Waals surface area contributed by atoms with E-state index in [1.54, 1.807) is 31.4 Å². The summed E-state index contributed by atoms with van der Waals surface area (Å²) < 4.78 is 30.7. The van der Waals surface area contributed by atoms with E-state index in [0.717, 1.165) is 6.42 Å². The molecule has 1 rings (SSSR count). The molecule has 1 aromatic carbocycles. The Bertz CT molecular complexity index is 719. The molecule has 6 nitrogen and oxygen atoms in total. The molecule has 1 N–H and O–H groups in total. The molecule has 0 unspecified atom stereocenters. The van der Waals surface area contributed by atoms with Gasteiger partial charge in [0, 0.05) is 18.5 Å². The molecule has 0 heterocycles. The third-order valence-corrected chi connectivity index (χ3v) is 5.17. The molecular formula is C20H34N2O4S. The molecule has 0 aliphatic carbocycles. The van der Waals surface area contributed by atoms with Crippen LogP contribution in [0.15, 0.2) is 24.3 Å². The number of methoxy groups -OCH3 is 1. The number of rotatable bonds is 9. The van der Waals surface area contributed by atoms with Crippen molar-refractivity contribution < 1.29 is 17.9 Å². The summed E-state index contributed by atoms with van der Waals surface area (Å²) in [7, 11) is -1.88. The van der Waals surface area contributed by atoms with Crippen LogP contribution in [-0.4, -0.2) is 39.8 Å². The summed E-state index contributed by atoms with van der Waals surface area (Å²) in [6.07, 6.45) is 2.74. The fourth-order valence-electron chi connectivity index (χ4n) is 3.43. The Morgan fingerprint density at radius 1 is 1.11 bits per heavy atom. The van der Waals surface area contributed by atoms with Crippen molar-refractivity contribution >= 4 is 21.6 Å². The fraction of sp³-hybridized carbons (Fsp3) is 0.650. The smallest absolute Gasteiger partial charge is 0.232 e. The molecule has 0 radical (unpaired) electrons. The normalized spacial score (nSPS) is 12.6. The van der Waals surface area contributed by atoms with E-state index < -0.39 is 10.0 Å². The van der Waals surface area contributed by atoms with Gasteiger partial charge in [-0.1, -0.05) is 20.8 Å². The van der Waals surface area contributed by atoms with Crippen LogP contribution in [0.2, 0.25) is 0 Å². The van der Waals surface area contributed by atoms with E-state index >= 15 is 0 Å². The van der Waals surface area contributed by atoms with E-state index in [1.807, 2.05) is 13.8 Å².